The number of cyclic esters (lactones) is 1. The summed E-state index contributed by atoms with van der Waals surface area (Å²) >= 11 is 0. The number of hydrogen-bond acceptors (Lipinski definition) is 4. The van der Waals surface area contributed by atoms with Crippen LogP contribution in [0.2, 0.25) is 0 Å². The summed E-state index contributed by atoms with van der Waals surface area (Å²) in [7, 11) is 0. The topological polar surface area (TPSA) is 84.7 Å². The third kappa shape index (κ3) is 3.80. The fourth-order valence-corrected chi connectivity index (χ4v) is 3.49. The molecule has 8 heteroatoms. The molecule has 4 rings (SSSR count). The second-order valence-electron chi connectivity index (χ2n) is 7.57. The number of halogens is 2. The first-order valence-electron chi connectivity index (χ1n) is 9.38. The highest BCUT2D eigenvalue weighted by Gasteiger charge is 2.42. The van der Waals surface area contributed by atoms with Crippen LogP contribution in [0.25, 0.3) is 11.1 Å². The van der Waals surface area contributed by atoms with Gasteiger partial charge in [-0.15, -0.1) is 0 Å². The van der Waals surface area contributed by atoms with Crippen molar-refractivity contribution in [2.75, 3.05) is 18.0 Å². The molecule has 152 valence electrons. The molecule has 0 radical (unpaired) electrons. The molecule has 2 aromatic rings. The smallest absolute Gasteiger partial charge is 0.414 e. The summed E-state index contributed by atoms with van der Waals surface area (Å²) < 4.78 is 34.4. The highest BCUT2D eigenvalue weighted by Crippen LogP contribution is 2.44. The van der Waals surface area contributed by atoms with Gasteiger partial charge in [0.25, 0.3) is 0 Å². The number of anilines is 1. The van der Waals surface area contributed by atoms with Gasteiger partial charge in [-0.1, -0.05) is 12.1 Å². The van der Waals surface area contributed by atoms with Gasteiger partial charge < -0.3 is 15.8 Å². The van der Waals surface area contributed by atoms with Crippen LogP contribution in [-0.4, -0.2) is 31.2 Å². The Morgan fingerprint density at radius 1 is 1.24 bits per heavy atom. The minimum atomic E-state index is -0.611. The van der Waals surface area contributed by atoms with Gasteiger partial charge in [0, 0.05) is 23.6 Å². The van der Waals surface area contributed by atoms with Gasteiger partial charge in [-0.2, -0.15) is 0 Å². The van der Waals surface area contributed by atoms with Crippen LogP contribution >= 0.6 is 0 Å². The molecule has 0 bridgehead atoms. The number of amides is 2. The Balaban J connectivity index is 1.53. The second kappa shape index (κ2) is 7.11. The molecule has 1 aliphatic carbocycles. The molecule has 29 heavy (non-hydrogen) atoms. The maximum Gasteiger partial charge on any atom is 0.414 e. The number of hydrogen-bond donors (Lipinski definition) is 2. The zero-order valence-corrected chi connectivity index (χ0v) is 15.9. The lowest BCUT2D eigenvalue weighted by Crippen LogP contribution is -2.33. The number of nitrogens with two attached hydrogens (primary N) is 1. The predicted molar refractivity (Wildman–Crippen MR) is 103 cm³/mol. The fraction of sp³-hybridized carbons (Fsp3) is 0.333. The highest BCUT2D eigenvalue weighted by molar-refractivity contribution is 5.90. The van der Waals surface area contributed by atoms with Crippen LogP contribution < -0.4 is 16.0 Å². The van der Waals surface area contributed by atoms with Crippen LogP contribution in [0.5, 0.6) is 0 Å². The van der Waals surface area contributed by atoms with Crippen molar-refractivity contribution in [3.8, 4) is 11.1 Å². The average molecular weight is 401 g/mol. The Bertz CT molecular complexity index is 991. The second-order valence-corrected chi connectivity index (χ2v) is 7.57. The van der Waals surface area contributed by atoms with Crippen molar-refractivity contribution in [1.82, 2.24) is 5.32 Å². The maximum absolute atomic E-state index is 14.8. The molecular weight excluding hydrogens is 380 g/mol. The van der Waals surface area contributed by atoms with E-state index < -0.39 is 29.4 Å². The van der Waals surface area contributed by atoms with E-state index in [0.717, 1.165) is 12.8 Å². The van der Waals surface area contributed by atoms with E-state index >= 15 is 0 Å². The van der Waals surface area contributed by atoms with Gasteiger partial charge >= 0.3 is 6.09 Å². The fourth-order valence-electron chi connectivity index (χ4n) is 3.49. The third-order valence-corrected chi connectivity index (χ3v) is 5.32. The van der Waals surface area contributed by atoms with Crippen molar-refractivity contribution >= 4 is 17.7 Å². The number of carbonyl (C=O) groups is 2. The normalized spacial score (nSPS) is 19.8. The van der Waals surface area contributed by atoms with Crippen molar-refractivity contribution in [1.29, 1.82) is 0 Å². The number of benzene rings is 2. The van der Waals surface area contributed by atoms with E-state index in [4.69, 9.17) is 10.5 Å². The van der Waals surface area contributed by atoms with Crippen molar-refractivity contribution < 1.29 is 23.1 Å². The molecule has 2 aromatic carbocycles. The molecule has 6 nitrogen and oxygen atoms in total. The van der Waals surface area contributed by atoms with E-state index in [0.29, 0.717) is 16.8 Å². The molecule has 0 aromatic heterocycles. The minimum Gasteiger partial charge on any atom is -0.442 e. The maximum atomic E-state index is 14.8. The molecule has 1 atom stereocenters. The number of nitrogens with one attached hydrogen (secondary N) is 1. The van der Waals surface area contributed by atoms with E-state index in [9.17, 15) is 18.4 Å². The quantitative estimate of drug-likeness (QED) is 0.807. The van der Waals surface area contributed by atoms with E-state index in [1.807, 2.05) is 0 Å². The highest BCUT2D eigenvalue weighted by atomic mass is 19.1. The molecule has 1 saturated heterocycles. The zero-order valence-electron chi connectivity index (χ0n) is 15.9. The van der Waals surface area contributed by atoms with Gasteiger partial charge in [0.2, 0.25) is 5.91 Å². The van der Waals surface area contributed by atoms with Crippen molar-refractivity contribution in [2.45, 2.75) is 31.4 Å². The third-order valence-electron chi connectivity index (χ3n) is 5.32. The molecule has 1 unspecified atom stereocenters. The number of nitrogens with zero attached hydrogens (tertiary/aromatic N) is 1. The lowest BCUT2D eigenvalue weighted by molar-refractivity contribution is -0.119. The zero-order chi connectivity index (χ0) is 20.8. The number of rotatable bonds is 5. The number of ether oxygens (including phenoxy) is 1. The Hall–Kier alpha value is -3.00. The summed E-state index contributed by atoms with van der Waals surface area (Å²) in [4.78, 5) is 24.4. The van der Waals surface area contributed by atoms with Gasteiger partial charge in [0.05, 0.1) is 18.8 Å². The van der Waals surface area contributed by atoms with Crippen LogP contribution in [-0.2, 0) is 15.1 Å². The monoisotopic (exact) mass is 401 g/mol. The van der Waals surface area contributed by atoms with Crippen molar-refractivity contribution in [3.63, 3.8) is 0 Å². The molecular formula is C21H21F2N3O3. The summed E-state index contributed by atoms with van der Waals surface area (Å²) in [5, 5.41) is 2.59. The summed E-state index contributed by atoms with van der Waals surface area (Å²) in [5.74, 6) is -1.26. The summed E-state index contributed by atoms with van der Waals surface area (Å²) in [5.41, 5.74) is 6.85. The molecule has 2 aliphatic rings. The largest absolute Gasteiger partial charge is 0.442 e. The molecule has 2 fully saturated rings. The van der Waals surface area contributed by atoms with E-state index in [1.165, 1.54) is 30.0 Å². The standard InChI is InChI=1S/C21H21F2N3O3/c1-12(27)25-10-15-11-26(20(28)29-15)14-3-4-16(18(22)9-14)13-2-5-17(19(23)8-13)21(24)6-7-21/h2-5,8-9,15H,6-7,10-11,24H2,1H3,(H,25,27). The Labute approximate surface area is 166 Å². The predicted octanol–water partition coefficient (Wildman–Crippen LogP) is 3.04. The van der Waals surface area contributed by atoms with Gasteiger partial charge in [0.1, 0.15) is 17.7 Å². The molecule has 1 heterocycles. The van der Waals surface area contributed by atoms with Gasteiger partial charge in [-0.05, 0) is 42.7 Å². The molecule has 0 spiro atoms. The van der Waals surface area contributed by atoms with Crippen molar-refractivity contribution in [3.05, 3.63) is 53.6 Å². The van der Waals surface area contributed by atoms with Gasteiger partial charge in [-0.3, -0.25) is 9.69 Å². The first-order valence-corrected chi connectivity index (χ1v) is 9.38. The van der Waals surface area contributed by atoms with Crippen LogP contribution in [0.15, 0.2) is 36.4 Å². The van der Waals surface area contributed by atoms with Crippen LogP contribution in [0.1, 0.15) is 25.3 Å². The van der Waals surface area contributed by atoms with Crippen LogP contribution in [0, 0.1) is 11.6 Å². The average Bonchev–Trinajstić information content (AvgIpc) is 3.30. The van der Waals surface area contributed by atoms with Crippen molar-refractivity contribution in [2.24, 2.45) is 5.73 Å². The summed E-state index contributed by atoms with van der Waals surface area (Å²) in [6, 6.07) is 8.84. The van der Waals surface area contributed by atoms with Crippen LogP contribution in [0.3, 0.4) is 0 Å². The first kappa shape index (κ1) is 19.3. The lowest BCUT2D eigenvalue weighted by Gasteiger charge is -2.15. The Morgan fingerprint density at radius 2 is 2.00 bits per heavy atom. The van der Waals surface area contributed by atoms with Crippen LogP contribution in [0.4, 0.5) is 19.3 Å². The Kier molecular flexibility index (Phi) is 4.74. The molecule has 3 N–H and O–H groups in total. The molecule has 1 saturated carbocycles. The Morgan fingerprint density at radius 3 is 2.62 bits per heavy atom. The lowest BCUT2D eigenvalue weighted by atomic mass is 9.98. The summed E-state index contributed by atoms with van der Waals surface area (Å²) in [6.07, 6.45) is 0.352. The minimum absolute atomic E-state index is 0.187. The van der Waals surface area contributed by atoms with Gasteiger partial charge in [0.15, 0.2) is 0 Å². The van der Waals surface area contributed by atoms with E-state index in [1.54, 1.807) is 18.2 Å². The molecule has 2 amide bonds. The van der Waals surface area contributed by atoms with E-state index in [2.05, 4.69) is 5.32 Å². The van der Waals surface area contributed by atoms with Gasteiger partial charge in [-0.25, -0.2) is 13.6 Å². The molecule has 1 aliphatic heterocycles. The number of carbonyl (C=O) groups excluding carboxylic acids is 2. The summed E-state index contributed by atoms with van der Waals surface area (Å²) in [6.45, 7) is 1.75. The first-order chi connectivity index (χ1) is 13.8. The SMILES string of the molecule is CC(=O)NCC1CN(c2ccc(-c3ccc(C4(N)CC4)c(F)c3)c(F)c2)C(=O)O1. The van der Waals surface area contributed by atoms with E-state index in [-0.39, 0.29) is 24.6 Å².